The zero-order chi connectivity index (χ0) is 0. The number of hydrogen-bond acceptors (Lipinski definition) is 0. The van der Waals surface area contributed by atoms with Gasteiger partial charge in [0.25, 0.3) is 0 Å². The van der Waals surface area contributed by atoms with E-state index in [0.29, 0.717) is 0 Å². The molecule has 0 saturated carbocycles. The van der Waals surface area contributed by atoms with Gasteiger partial charge in [-0.3, -0.25) is 0 Å². The minimum atomic E-state index is 0. The summed E-state index contributed by atoms with van der Waals surface area (Å²) in [6.45, 7) is 0. The summed E-state index contributed by atoms with van der Waals surface area (Å²) in [5.74, 6) is 0. The van der Waals surface area contributed by atoms with Crippen LogP contribution in [0.3, 0.4) is 0 Å². The first-order valence-electron chi connectivity index (χ1n) is 0. The van der Waals surface area contributed by atoms with Crippen molar-refractivity contribution < 1.29 is 334 Å². The van der Waals surface area contributed by atoms with Crippen molar-refractivity contribution in [3.05, 3.63) is 0 Å². The molecule has 0 aliphatic heterocycles. The molecule has 0 aromatic heterocycles. The van der Waals surface area contributed by atoms with Gasteiger partial charge in [0, 0.05) is 334 Å². The van der Waals surface area contributed by atoms with Gasteiger partial charge >= 0.3 is 0 Å². The molecule has 0 aliphatic rings. The van der Waals surface area contributed by atoms with Crippen molar-refractivity contribution in [2.45, 2.75) is 0 Å². The van der Waals surface area contributed by atoms with Crippen molar-refractivity contribution in [3.8, 4) is 0 Å². The predicted molar refractivity (Wildman–Crippen MR) is 0 cm³/mol. The van der Waals surface area contributed by atoms with Crippen LogP contribution in [0.2, 0.25) is 0 Å². The second kappa shape index (κ2) is 43.0. The van der Waals surface area contributed by atoms with E-state index in [1.165, 1.54) is 0 Å². The Morgan fingerprint density at radius 3 is 0.125 bits per heavy atom. The fourth-order valence-electron chi connectivity index (χ4n) is 0. The molecule has 0 aromatic rings. The van der Waals surface area contributed by atoms with Crippen LogP contribution < -0.4 is 0 Å². The molecular formula is Ce8. The Bertz CT molecular complexity index is 0. The summed E-state index contributed by atoms with van der Waals surface area (Å²) in [5, 5.41) is 0. The standard InChI is InChI=1S/8Ce. The Labute approximate surface area is 320 Å². The number of hydrogen-bond donors (Lipinski definition) is 0. The van der Waals surface area contributed by atoms with Crippen LogP contribution in [0.5, 0.6) is 0 Å². The van der Waals surface area contributed by atoms with Crippen molar-refractivity contribution >= 4 is 0 Å². The van der Waals surface area contributed by atoms with Crippen LogP contribution in [0.4, 0.5) is 0 Å². The molecular weight excluding hydrogens is 1120 g/mol. The van der Waals surface area contributed by atoms with E-state index in [1.54, 1.807) is 0 Å². The first-order valence-corrected chi connectivity index (χ1v) is 0. The van der Waals surface area contributed by atoms with Crippen LogP contribution >= 0.6 is 0 Å². The molecule has 0 atom stereocenters. The van der Waals surface area contributed by atoms with Crippen molar-refractivity contribution in [2.24, 2.45) is 0 Å². The van der Waals surface area contributed by atoms with Crippen LogP contribution in [0.15, 0.2) is 0 Å². The zero-order valence-electron chi connectivity index (χ0n) is 4.00. The van der Waals surface area contributed by atoms with Crippen molar-refractivity contribution in [2.75, 3.05) is 0 Å². The normalized spacial score (nSPS) is 0. The third-order valence-electron chi connectivity index (χ3n) is 0. The van der Waals surface area contributed by atoms with E-state index >= 15 is 0 Å². The molecule has 0 spiro atoms. The SMILES string of the molecule is [Ce].[Ce].[Ce].[Ce].[Ce].[Ce].[Ce].[Ce]. The summed E-state index contributed by atoms with van der Waals surface area (Å²) in [7, 11) is 0. The van der Waals surface area contributed by atoms with Crippen LogP contribution in [-0.4, -0.2) is 0 Å². The molecule has 0 saturated heterocycles. The molecule has 0 fully saturated rings. The van der Waals surface area contributed by atoms with Gasteiger partial charge in [0.05, 0.1) is 0 Å². The molecule has 0 aliphatic carbocycles. The van der Waals surface area contributed by atoms with Gasteiger partial charge in [-0.25, -0.2) is 0 Å². The third-order valence-corrected chi connectivity index (χ3v) is 0. The summed E-state index contributed by atoms with van der Waals surface area (Å²) < 4.78 is 0. The van der Waals surface area contributed by atoms with E-state index in [1.807, 2.05) is 0 Å². The van der Waals surface area contributed by atoms with Crippen molar-refractivity contribution in [3.63, 3.8) is 0 Å². The van der Waals surface area contributed by atoms with E-state index in [2.05, 4.69) is 0 Å². The Hall–Kier alpha value is 11.0. The van der Waals surface area contributed by atoms with Crippen LogP contribution in [0.1, 0.15) is 0 Å². The molecule has 8 heteroatoms. The maximum absolute atomic E-state index is 0. The van der Waals surface area contributed by atoms with Crippen LogP contribution in [0.25, 0.3) is 0 Å². The van der Waals surface area contributed by atoms with E-state index in [-0.39, 0.29) is 334 Å². The Kier molecular flexibility index (Phi) is 273. The van der Waals surface area contributed by atoms with E-state index in [0.717, 1.165) is 0 Å². The monoisotopic (exact) mass is 1120 g/mol. The molecule has 0 N–H and O–H groups in total. The van der Waals surface area contributed by atoms with E-state index in [9.17, 15) is 0 Å². The quantitative estimate of drug-likeness (QED) is 0.321. The average Bonchev–Trinajstić information content (AvgIpc) is 0. The van der Waals surface area contributed by atoms with Gasteiger partial charge in [0.2, 0.25) is 0 Å². The summed E-state index contributed by atoms with van der Waals surface area (Å²) in [4.78, 5) is 0. The fraction of sp³-hybridized carbons (Fsp3) is 0. The van der Waals surface area contributed by atoms with Crippen molar-refractivity contribution in [1.29, 1.82) is 0 Å². The van der Waals surface area contributed by atoms with Gasteiger partial charge in [0.1, 0.15) is 0 Å². The second-order valence-electron chi connectivity index (χ2n) is 0. The zero-order valence-corrected chi connectivity index (χ0v) is 29.1. The molecule has 0 nitrogen and oxygen atoms in total. The molecule has 0 rings (SSSR count). The maximum atomic E-state index is 0. The summed E-state index contributed by atoms with van der Waals surface area (Å²) in [6, 6.07) is 0. The van der Waals surface area contributed by atoms with Gasteiger partial charge in [-0.1, -0.05) is 0 Å². The van der Waals surface area contributed by atoms with Gasteiger partial charge in [0.15, 0.2) is 0 Å². The van der Waals surface area contributed by atoms with E-state index < -0.39 is 0 Å². The molecule has 32 valence electrons. The molecule has 0 radical (unpaired) electrons. The van der Waals surface area contributed by atoms with Crippen LogP contribution in [0, 0.1) is 334 Å². The fourth-order valence-corrected chi connectivity index (χ4v) is 0. The minimum Gasteiger partial charge on any atom is 0 e. The largest absolute Gasteiger partial charge is 0 e. The number of rotatable bonds is 0. The summed E-state index contributed by atoms with van der Waals surface area (Å²) >= 11 is 0. The van der Waals surface area contributed by atoms with Crippen LogP contribution in [-0.2, 0) is 0 Å². The molecule has 0 heterocycles. The maximum Gasteiger partial charge on any atom is 0 e. The predicted octanol–water partition coefficient (Wildman–Crippen LogP) is 0. The Balaban J connectivity index is 0. The van der Waals surface area contributed by atoms with E-state index in [4.69, 9.17) is 0 Å². The average molecular weight is 1120 g/mol. The second-order valence-corrected chi connectivity index (χ2v) is 0. The molecule has 0 unspecified atom stereocenters. The molecule has 0 bridgehead atoms. The molecule has 0 aromatic carbocycles. The molecule has 0 amide bonds. The smallest absolute Gasteiger partial charge is 0 e. The minimum absolute atomic E-state index is 0. The van der Waals surface area contributed by atoms with Crippen molar-refractivity contribution in [1.82, 2.24) is 0 Å². The first kappa shape index (κ1) is 50.9. The first-order chi connectivity index (χ1) is 0. The van der Waals surface area contributed by atoms with Gasteiger partial charge < -0.3 is 0 Å². The van der Waals surface area contributed by atoms with Gasteiger partial charge in [-0.2, -0.15) is 0 Å². The van der Waals surface area contributed by atoms with Gasteiger partial charge in [-0.05, 0) is 0 Å². The third kappa shape index (κ3) is 36.0. The summed E-state index contributed by atoms with van der Waals surface area (Å²) in [5.41, 5.74) is 0. The van der Waals surface area contributed by atoms with Gasteiger partial charge in [-0.15, -0.1) is 0 Å². The Morgan fingerprint density at radius 1 is 0.125 bits per heavy atom. The molecule has 8 heavy (non-hydrogen) atoms. The topological polar surface area (TPSA) is 0 Å². The summed E-state index contributed by atoms with van der Waals surface area (Å²) in [6.07, 6.45) is 0. The Morgan fingerprint density at radius 2 is 0.125 bits per heavy atom.